The molecule has 1 N–H and O–H groups in total. The number of nitrogens with one attached hydrogen (secondary N) is 1. The van der Waals surface area contributed by atoms with E-state index in [0.717, 1.165) is 24.5 Å². The molecule has 0 aliphatic heterocycles. The SMILES string of the molecule is CC(C)COCc1cccc(CNC(C)C)n1. The Balaban J connectivity index is 2.42. The highest BCUT2D eigenvalue weighted by Gasteiger charge is 2.00. The molecule has 0 aliphatic rings. The highest BCUT2D eigenvalue weighted by molar-refractivity contribution is 5.10. The fourth-order valence-corrected chi connectivity index (χ4v) is 1.42. The quantitative estimate of drug-likeness (QED) is 0.790. The second kappa shape index (κ2) is 7.41. The normalized spacial score (nSPS) is 11.4. The van der Waals surface area contributed by atoms with Gasteiger partial charge in [-0.05, 0) is 18.1 Å². The Labute approximate surface area is 105 Å². The monoisotopic (exact) mass is 236 g/mol. The first-order valence-electron chi connectivity index (χ1n) is 6.34. The third-order valence-electron chi connectivity index (χ3n) is 2.26. The Bertz CT molecular complexity index is 324. The molecule has 3 nitrogen and oxygen atoms in total. The minimum Gasteiger partial charge on any atom is -0.375 e. The van der Waals surface area contributed by atoms with Crippen molar-refractivity contribution in [3.63, 3.8) is 0 Å². The lowest BCUT2D eigenvalue weighted by atomic mass is 10.2. The molecular formula is C14H24N2O. The highest BCUT2D eigenvalue weighted by atomic mass is 16.5. The fourth-order valence-electron chi connectivity index (χ4n) is 1.42. The maximum atomic E-state index is 5.58. The Hall–Kier alpha value is -0.930. The van der Waals surface area contributed by atoms with Crippen molar-refractivity contribution in [2.45, 2.75) is 46.9 Å². The summed E-state index contributed by atoms with van der Waals surface area (Å²) >= 11 is 0. The summed E-state index contributed by atoms with van der Waals surface area (Å²) in [4.78, 5) is 4.55. The van der Waals surface area contributed by atoms with E-state index >= 15 is 0 Å². The van der Waals surface area contributed by atoms with Gasteiger partial charge in [-0.15, -0.1) is 0 Å². The summed E-state index contributed by atoms with van der Waals surface area (Å²) in [5, 5.41) is 3.36. The van der Waals surface area contributed by atoms with Gasteiger partial charge in [0.15, 0.2) is 0 Å². The topological polar surface area (TPSA) is 34.1 Å². The van der Waals surface area contributed by atoms with Crippen LogP contribution in [0.4, 0.5) is 0 Å². The number of hydrogen-bond donors (Lipinski definition) is 1. The van der Waals surface area contributed by atoms with E-state index in [1.807, 2.05) is 18.2 Å². The van der Waals surface area contributed by atoms with Crippen molar-refractivity contribution < 1.29 is 4.74 Å². The lowest BCUT2D eigenvalue weighted by Crippen LogP contribution is -2.22. The first-order chi connectivity index (χ1) is 8.08. The molecule has 0 bridgehead atoms. The number of pyridine rings is 1. The van der Waals surface area contributed by atoms with E-state index in [9.17, 15) is 0 Å². The molecule has 0 saturated heterocycles. The number of aromatic nitrogens is 1. The number of rotatable bonds is 7. The van der Waals surface area contributed by atoms with Gasteiger partial charge in [-0.3, -0.25) is 4.98 Å². The zero-order valence-electron chi connectivity index (χ0n) is 11.4. The number of hydrogen-bond acceptors (Lipinski definition) is 3. The van der Waals surface area contributed by atoms with Crippen molar-refractivity contribution in [1.29, 1.82) is 0 Å². The summed E-state index contributed by atoms with van der Waals surface area (Å²) < 4.78 is 5.58. The molecule has 1 heterocycles. The summed E-state index contributed by atoms with van der Waals surface area (Å²) in [5.41, 5.74) is 2.08. The zero-order chi connectivity index (χ0) is 12.7. The molecule has 0 radical (unpaired) electrons. The molecule has 0 unspecified atom stereocenters. The molecular weight excluding hydrogens is 212 g/mol. The van der Waals surface area contributed by atoms with Gasteiger partial charge in [-0.25, -0.2) is 0 Å². The second-order valence-corrected chi connectivity index (χ2v) is 5.06. The van der Waals surface area contributed by atoms with Gasteiger partial charge in [0.25, 0.3) is 0 Å². The van der Waals surface area contributed by atoms with Gasteiger partial charge in [0.2, 0.25) is 0 Å². The van der Waals surface area contributed by atoms with Gasteiger partial charge in [0, 0.05) is 19.2 Å². The average Bonchev–Trinajstić information content (AvgIpc) is 2.26. The van der Waals surface area contributed by atoms with Gasteiger partial charge in [-0.2, -0.15) is 0 Å². The fraction of sp³-hybridized carbons (Fsp3) is 0.643. The minimum atomic E-state index is 0.484. The summed E-state index contributed by atoms with van der Waals surface area (Å²) in [6, 6.07) is 6.58. The lowest BCUT2D eigenvalue weighted by molar-refractivity contribution is 0.0947. The predicted molar refractivity (Wildman–Crippen MR) is 70.7 cm³/mol. The van der Waals surface area contributed by atoms with Crippen LogP contribution in [0.3, 0.4) is 0 Å². The molecule has 0 fully saturated rings. The molecule has 0 aromatic carbocycles. The van der Waals surface area contributed by atoms with Crippen LogP contribution >= 0.6 is 0 Å². The van der Waals surface area contributed by atoms with Crippen LogP contribution in [-0.2, 0) is 17.9 Å². The first kappa shape index (κ1) is 14.1. The largest absolute Gasteiger partial charge is 0.375 e. The van der Waals surface area contributed by atoms with Gasteiger partial charge in [-0.1, -0.05) is 33.8 Å². The second-order valence-electron chi connectivity index (χ2n) is 5.06. The van der Waals surface area contributed by atoms with Gasteiger partial charge in [0.1, 0.15) is 0 Å². The molecule has 0 aliphatic carbocycles. The maximum Gasteiger partial charge on any atom is 0.0888 e. The summed E-state index contributed by atoms with van der Waals surface area (Å²) in [6.45, 7) is 10.8. The molecule has 1 rings (SSSR count). The molecule has 0 saturated carbocycles. The van der Waals surface area contributed by atoms with Crippen LogP contribution in [0.1, 0.15) is 39.1 Å². The predicted octanol–water partition coefficient (Wildman–Crippen LogP) is 2.75. The summed E-state index contributed by atoms with van der Waals surface area (Å²) in [5.74, 6) is 0.570. The third-order valence-corrected chi connectivity index (χ3v) is 2.26. The zero-order valence-corrected chi connectivity index (χ0v) is 11.4. The first-order valence-corrected chi connectivity index (χ1v) is 6.34. The average molecular weight is 236 g/mol. The molecule has 3 heteroatoms. The van der Waals surface area contributed by atoms with Crippen molar-refractivity contribution in [2.24, 2.45) is 5.92 Å². The summed E-state index contributed by atoms with van der Waals surface area (Å²) in [6.07, 6.45) is 0. The van der Waals surface area contributed by atoms with Crippen molar-refractivity contribution in [3.8, 4) is 0 Å². The van der Waals surface area contributed by atoms with Crippen LogP contribution in [-0.4, -0.2) is 17.6 Å². The highest BCUT2D eigenvalue weighted by Crippen LogP contribution is 2.03. The van der Waals surface area contributed by atoms with Crippen molar-refractivity contribution in [1.82, 2.24) is 10.3 Å². The van der Waals surface area contributed by atoms with Crippen LogP contribution in [0.15, 0.2) is 18.2 Å². The standard InChI is InChI=1S/C14H24N2O/c1-11(2)9-17-10-14-7-5-6-13(16-14)8-15-12(3)4/h5-7,11-12,15H,8-10H2,1-4H3. The molecule has 17 heavy (non-hydrogen) atoms. The minimum absolute atomic E-state index is 0.484. The Morgan fingerprint density at radius 2 is 1.88 bits per heavy atom. The number of nitrogens with zero attached hydrogens (tertiary/aromatic N) is 1. The van der Waals surface area contributed by atoms with E-state index in [-0.39, 0.29) is 0 Å². The van der Waals surface area contributed by atoms with E-state index < -0.39 is 0 Å². The van der Waals surface area contributed by atoms with Gasteiger partial charge >= 0.3 is 0 Å². The van der Waals surface area contributed by atoms with Crippen LogP contribution in [0.2, 0.25) is 0 Å². The van der Waals surface area contributed by atoms with Crippen molar-refractivity contribution in [3.05, 3.63) is 29.6 Å². The molecule has 96 valence electrons. The molecule has 1 aromatic rings. The van der Waals surface area contributed by atoms with E-state index in [4.69, 9.17) is 4.74 Å². The molecule has 1 aromatic heterocycles. The maximum absolute atomic E-state index is 5.58. The van der Waals surface area contributed by atoms with Crippen LogP contribution in [0.25, 0.3) is 0 Å². The van der Waals surface area contributed by atoms with Crippen LogP contribution in [0, 0.1) is 5.92 Å². The summed E-state index contributed by atoms with van der Waals surface area (Å²) in [7, 11) is 0. The smallest absolute Gasteiger partial charge is 0.0888 e. The van der Waals surface area contributed by atoms with Crippen LogP contribution in [0.5, 0.6) is 0 Å². The van der Waals surface area contributed by atoms with E-state index in [0.29, 0.717) is 18.6 Å². The van der Waals surface area contributed by atoms with Gasteiger partial charge in [0.05, 0.1) is 18.0 Å². The Morgan fingerprint density at radius 1 is 1.18 bits per heavy atom. The molecule has 0 atom stereocenters. The van der Waals surface area contributed by atoms with Gasteiger partial charge < -0.3 is 10.1 Å². The Kier molecular flexibility index (Phi) is 6.16. The molecule has 0 amide bonds. The molecule has 0 spiro atoms. The lowest BCUT2D eigenvalue weighted by Gasteiger charge is -2.09. The van der Waals surface area contributed by atoms with Crippen molar-refractivity contribution >= 4 is 0 Å². The third kappa shape index (κ3) is 6.39. The van der Waals surface area contributed by atoms with Crippen molar-refractivity contribution in [2.75, 3.05) is 6.61 Å². The van der Waals surface area contributed by atoms with E-state index in [1.165, 1.54) is 0 Å². The number of ether oxygens (including phenoxy) is 1. The van der Waals surface area contributed by atoms with Crippen LogP contribution < -0.4 is 5.32 Å². The van der Waals surface area contributed by atoms with E-state index in [2.05, 4.69) is 38.0 Å². The Morgan fingerprint density at radius 3 is 2.53 bits per heavy atom. The van der Waals surface area contributed by atoms with E-state index in [1.54, 1.807) is 0 Å².